The van der Waals surface area contributed by atoms with Crippen LogP contribution < -0.4 is 10.6 Å². The van der Waals surface area contributed by atoms with Crippen molar-refractivity contribution in [3.63, 3.8) is 0 Å². The second-order valence-corrected chi connectivity index (χ2v) is 12.1. The number of hydrogen-bond acceptors (Lipinski definition) is 5. The van der Waals surface area contributed by atoms with Gasteiger partial charge in [0.15, 0.2) is 0 Å². The Bertz CT molecular complexity index is 1060. The number of carbonyl (C=O) groups is 1. The van der Waals surface area contributed by atoms with Crippen molar-refractivity contribution < 1.29 is 9.90 Å². The summed E-state index contributed by atoms with van der Waals surface area (Å²) < 4.78 is 0. The molecule has 4 aliphatic carbocycles. The molecule has 3 unspecified atom stereocenters. The molecule has 1 saturated heterocycles. The van der Waals surface area contributed by atoms with E-state index in [9.17, 15) is 15.2 Å². The number of nitrogens with zero attached hydrogens (tertiary/aromatic N) is 4. The van der Waals surface area contributed by atoms with Gasteiger partial charge in [0.2, 0.25) is 0 Å². The largest absolute Gasteiger partial charge is 0.481 e. The minimum Gasteiger partial charge on any atom is -0.481 e. The lowest BCUT2D eigenvalue weighted by Crippen LogP contribution is -2.62. The van der Waals surface area contributed by atoms with E-state index in [2.05, 4.69) is 15.9 Å². The molecule has 188 valence electrons. The zero-order valence-corrected chi connectivity index (χ0v) is 21.6. The number of hydrogen-bond donors (Lipinski definition) is 2. The van der Waals surface area contributed by atoms with E-state index in [1.54, 1.807) is 6.07 Å². The van der Waals surface area contributed by atoms with Crippen LogP contribution in [0.3, 0.4) is 0 Å². The van der Waals surface area contributed by atoms with Crippen molar-refractivity contribution in [3.05, 3.63) is 28.2 Å². The molecule has 4 bridgehead atoms. The Labute approximate surface area is 216 Å². The summed E-state index contributed by atoms with van der Waals surface area (Å²) >= 11 is 12.5. The van der Waals surface area contributed by atoms with Crippen LogP contribution in [0.15, 0.2) is 23.2 Å². The van der Waals surface area contributed by atoms with Crippen LogP contribution in [-0.2, 0) is 4.79 Å². The number of carboxylic acids is 1. The van der Waals surface area contributed by atoms with E-state index in [1.165, 1.54) is 0 Å². The van der Waals surface area contributed by atoms with Crippen LogP contribution in [0.4, 0.5) is 5.69 Å². The van der Waals surface area contributed by atoms with Gasteiger partial charge in [-0.3, -0.25) is 14.7 Å². The molecule has 0 radical (unpaired) electrons. The summed E-state index contributed by atoms with van der Waals surface area (Å²) in [6.07, 6.45) is 4.56. The van der Waals surface area contributed by atoms with Gasteiger partial charge in [-0.15, -0.1) is 0 Å². The number of nitriles is 1. The van der Waals surface area contributed by atoms with Crippen LogP contribution in [0.5, 0.6) is 0 Å². The van der Waals surface area contributed by atoms with Crippen molar-refractivity contribution >= 4 is 40.7 Å². The van der Waals surface area contributed by atoms with E-state index in [0.717, 1.165) is 51.1 Å². The Balaban J connectivity index is 1.33. The van der Waals surface area contributed by atoms with Gasteiger partial charge in [0.25, 0.3) is 0 Å². The summed E-state index contributed by atoms with van der Waals surface area (Å²) in [4.78, 5) is 21.7. The molecular weight excluding hydrogens is 485 g/mol. The summed E-state index contributed by atoms with van der Waals surface area (Å²) in [7, 11) is 0. The molecule has 3 N–H and O–H groups in total. The predicted molar refractivity (Wildman–Crippen MR) is 138 cm³/mol. The van der Waals surface area contributed by atoms with Crippen molar-refractivity contribution in [2.24, 2.45) is 33.9 Å². The standard InChI is InChI=1S/C26H33Cl2N5O2/c1-25(4-5-29,33-8-6-32(7-9-33)21-3-2-19(27)12-20(21)28)23(30)31-22-17-10-16-11-18(22)15-26(13-16,14-17)24(34)35/h2-3,12,16-18,22H,4,6-11,13-15H2,1H3,(H2,30,31)(H,34,35). The number of carboxylic acid groups (broad SMARTS) is 1. The van der Waals surface area contributed by atoms with Crippen molar-refractivity contribution in [2.45, 2.75) is 57.0 Å². The first-order chi connectivity index (χ1) is 16.6. The van der Waals surface area contributed by atoms with Gasteiger partial charge in [-0.05, 0) is 75.0 Å². The third kappa shape index (κ3) is 4.28. The van der Waals surface area contributed by atoms with Crippen LogP contribution >= 0.6 is 23.2 Å². The zero-order chi connectivity index (χ0) is 25.0. The van der Waals surface area contributed by atoms with Gasteiger partial charge in [-0.25, -0.2) is 0 Å². The molecule has 1 aromatic rings. The highest BCUT2D eigenvalue weighted by molar-refractivity contribution is 6.36. The minimum absolute atomic E-state index is 0.0613. The van der Waals surface area contributed by atoms with E-state index < -0.39 is 16.9 Å². The van der Waals surface area contributed by atoms with E-state index in [0.29, 0.717) is 34.6 Å². The maximum absolute atomic E-state index is 12.1. The van der Waals surface area contributed by atoms with Gasteiger partial charge >= 0.3 is 5.97 Å². The fourth-order valence-corrected chi connectivity index (χ4v) is 7.99. The van der Waals surface area contributed by atoms with Gasteiger partial charge in [-0.2, -0.15) is 5.26 Å². The number of halogens is 2. The van der Waals surface area contributed by atoms with Gasteiger partial charge < -0.3 is 15.7 Å². The average molecular weight is 518 g/mol. The van der Waals surface area contributed by atoms with Crippen molar-refractivity contribution in [1.29, 1.82) is 5.26 Å². The monoisotopic (exact) mass is 517 g/mol. The second kappa shape index (κ2) is 9.14. The smallest absolute Gasteiger partial charge is 0.309 e. The van der Waals surface area contributed by atoms with Gasteiger partial charge in [0.05, 0.1) is 40.2 Å². The molecule has 3 atom stereocenters. The topological polar surface area (TPSA) is 106 Å². The highest BCUT2D eigenvalue weighted by Gasteiger charge is 2.59. The molecule has 1 heterocycles. The fraction of sp³-hybridized carbons (Fsp3) is 0.654. The number of piperazine rings is 1. The van der Waals surface area contributed by atoms with Crippen LogP contribution in [0.1, 0.15) is 45.4 Å². The molecule has 9 heteroatoms. The third-order valence-corrected chi connectivity index (χ3v) is 9.71. The van der Waals surface area contributed by atoms with E-state index in [-0.39, 0.29) is 24.3 Å². The quantitative estimate of drug-likeness (QED) is 0.427. The van der Waals surface area contributed by atoms with Crippen molar-refractivity contribution in [1.82, 2.24) is 4.90 Å². The number of nitrogens with two attached hydrogens (primary N) is 1. The number of amidine groups is 1. The summed E-state index contributed by atoms with van der Waals surface area (Å²) in [5, 5.41) is 20.9. The van der Waals surface area contributed by atoms with Crippen molar-refractivity contribution in [2.75, 3.05) is 31.1 Å². The molecule has 5 aliphatic rings. The fourth-order valence-electron chi connectivity index (χ4n) is 7.47. The number of rotatable bonds is 6. The Hall–Kier alpha value is -2.01. The first-order valence-corrected chi connectivity index (χ1v) is 13.3. The third-order valence-electron chi connectivity index (χ3n) is 9.17. The van der Waals surface area contributed by atoms with E-state index >= 15 is 0 Å². The van der Waals surface area contributed by atoms with Crippen LogP contribution in [-0.4, -0.2) is 59.6 Å². The summed E-state index contributed by atoms with van der Waals surface area (Å²) in [6, 6.07) is 7.95. The number of aliphatic imine (C=N–C) groups is 1. The molecule has 35 heavy (non-hydrogen) atoms. The molecule has 0 amide bonds. The molecular formula is C26H33Cl2N5O2. The van der Waals surface area contributed by atoms with E-state index in [1.807, 2.05) is 19.1 Å². The number of benzene rings is 1. The lowest BCUT2D eigenvalue weighted by Gasteiger charge is -2.57. The molecule has 6 rings (SSSR count). The maximum atomic E-state index is 12.1. The Morgan fingerprint density at radius 2 is 1.89 bits per heavy atom. The highest BCUT2D eigenvalue weighted by Crippen LogP contribution is 2.61. The predicted octanol–water partition coefficient (Wildman–Crippen LogP) is 4.42. The van der Waals surface area contributed by atoms with Crippen molar-refractivity contribution in [3.8, 4) is 6.07 Å². The first kappa shape index (κ1) is 24.7. The highest BCUT2D eigenvalue weighted by atomic mass is 35.5. The molecule has 5 fully saturated rings. The number of aliphatic carboxylic acids is 1. The lowest BCUT2D eigenvalue weighted by atomic mass is 9.48. The molecule has 1 aliphatic heterocycles. The first-order valence-electron chi connectivity index (χ1n) is 12.5. The SMILES string of the molecule is CC(CC#N)(C(N)=NC1C2CC3CC1CC(C(=O)O)(C3)C2)N1CCN(c2ccc(Cl)cc2Cl)CC1. The number of anilines is 1. The summed E-state index contributed by atoms with van der Waals surface area (Å²) in [6.45, 7) is 5.00. The summed E-state index contributed by atoms with van der Waals surface area (Å²) in [5.74, 6) is 0.908. The second-order valence-electron chi connectivity index (χ2n) is 11.2. The van der Waals surface area contributed by atoms with Gasteiger partial charge in [0.1, 0.15) is 5.84 Å². The van der Waals surface area contributed by atoms with Crippen LogP contribution in [0.2, 0.25) is 10.0 Å². The van der Waals surface area contributed by atoms with E-state index in [4.69, 9.17) is 33.9 Å². The zero-order valence-electron chi connectivity index (χ0n) is 20.1. The molecule has 0 spiro atoms. The van der Waals surface area contributed by atoms with Gasteiger partial charge in [0, 0.05) is 31.2 Å². The van der Waals surface area contributed by atoms with Gasteiger partial charge in [-0.1, -0.05) is 23.2 Å². The molecule has 1 aromatic carbocycles. The molecule has 4 saturated carbocycles. The maximum Gasteiger partial charge on any atom is 0.309 e. The minimum atomic E-state index is -0.663. The van der Waals surface area contributed by atoms with Crippen LogP contribution in [0.25, 0.3) is 0 Å². The Kier molecular flexibility index (Phi) is 6.44. The average Bonchev–Trinajstić information content (AvgIpc) is 2.81. The molecule has 0 aromatic heterocycles. The normalized spacial score (nSPS) is 34.5. The lowest BCUT2D eigenvalue weighted by molar-refractivity contribution is -0.166. The Morgan fingerprint density at radius 3 is 2.46 bits per heavy atom. The summed E-state index contributed by atoms with van der Waals surface area (Å²) in [5.41, 5.74) is 6.45. The molecule has 7 nitrogen and oxygen atoms in total. The Morgan fingerprint density at radius 1 is 1.23 bits per heavy atom. The van der Waals surface area contributed by atoms with Crippen LogP contribution in [0, 0.1) is 34.5 Å².